The molecule has 0 aromatic heterocycles. The Bertz CT molecular complexity index is 858. The van der Waals surface area contributed by atoms with Crippen molar-refractivity contribution in [2.45, 2.75) is 63.6 Å². The number of fused-ring (bicyclic) bond motifs is 1. The van der Waals surface area contributed by atoms with Gasteiger partial charge in [0.05, 0.1) is 12.5 Å². The number of nitrogens with zero attached hydrogens (tertiary/aromatic N) is 1. The molecule has 154 valence electrons. The van der Waals surface area contributed by atoms with Crippen molar-refractivity contribution in [3.05, 3.63) is 48.0 Å². The SMILES string of the molecule is O=C(CC1C(=O)NCCN1Cc1ccc2ccccc2c1)NC1CCCCCC1. The van der Waals surface area contributed by atoms with Crippen LogP contribution in [0.2, 0.25) is 0 Å². The summed E-state index contributed by atoms with van der Waals surface area (Å²) in [5, 5.41) is 8.54. The first-order valence-corrected chi connectivity index (χ1v) is 11.0. The van der Waals surface area contributed by atoms with E-state index in [1.807, 2.05) is 12.1 Å². The third-order valence-corrected chi connectivity index (χ3v) is 6.24. The van der Waals surface area contributed by atoms with Crippen LogP contribution < -0.4 is 10.6 Å². The quantitative estimate of drug-likeness (QED) is 0.766. The Morgan fingerprint density at radius 2 is 1.79 bits per heavy atom. The number of rotatable bonds is 5. The molecule has 2 amide bonds. The van der Waals surface area contributed by atoms with E-state index < -0.39 is 6.04 Å². The maximum absolute atomic E-state index is 12.7. The Kier molecular flexibility index (Phi) is 6.45. The van der Waals surface area contributed by atoms with E-state index in [1.54, 1.807) is 0 Å². The van der Waals surface area contributed by atoms with Gasteiger partial charge in [-0.25, -0.2) is 0 Å². The topological polar surface area (TPSA) is 61.4 Å². The van der Waals surface area contributed by atoms with Gasteiger partial charge in [-0.2, -0.15) is 0 Å². The zero-order chi connectivity index (χ0) is 20.1. The van der Waals surface area contributed by atoms with Gasteiger partial charge in [0.1, 0.15) is 0 Å². The van der Waals surface area contributed by atoms with Crippen LogP contribution in [-0.4, -0.2) is 41.9 Å². The second-order valence-corrected chi connectivity index (χ2v) is 8.42. The van der Waals surface area contributed by atoms with Crippen LogP contribution in [0.5, 0.6) is 0 Å². The molecule has 0 radical (unpaired) electrons. The van der Waals surface area contributed by atoms with E-state index in [-0.39, 0.29) is 24.3 Å². The largest absolute Gasteiger partial charge is 0.353 e. The fourth-order valence-electron chi connectivity index (χ4n) is 4.63. The highest BCUT2D eigenvalue weighted by molar-refractivity contribution is 5.89. The second-order valence-electron chi connectivity index (χ2n) is 8.42. The van der Waals surface area contributed by atoms with Crippen LogP contribution in [0.4, 0.5) is 0 Å². The van der Waals surface area contributed by atoms with Crippen LogP contribution in [0.15, 0.2) is 42.5 Å². The van der Waals surface area contributed by atoms with Gasteiger partial charge in [0.2, 0.25) is 11.8 Å². The van der Waals surface area contributed by atoms with Gasteiger partial charge in [-0.1, -0.05) is 62.1 Å². The lowest BCUT2D eigenvalue weighted by molar-refractivity contribution is -0.134. The number of benzene rings is 2. The van der Waals surface area contributed by atoms with E-state index in [0.717, 1.165) is 19.4 Å². The molecule has 2 aromatic rings. The average Bonchev–Trinajstić information content (AvgIpc) is 2.99. The fourth-order valence-corrected chi connectivity index (χ4v) is 4.63. The van der Waals surface area contributed by atoms with E-state index in [0.29, 0.717) is 13.1 Å². The Balaban J connectivity index is 1.42. The Morgan fingerprint density at radius 3 is 2.59 bits per heavy atom. The predicted molar refractivity (Wildman–Crippen MR) is 115 cm³/mol. The molecule has 4 rings (SSSR count). The highest BCUT2D eigenvalue weighted by Crippen LogP contribution is 2.20. The first-order valence-electron chi connectivity index (χ1n) is 11.0. The van der Waals surface area contributed by atoms with Crippen molar-refractivity contribution in [3.8, 4) is 0 Å². The highest BCUT2D eigenvalue weighted by Gasteiger charge is 2.32. The van der Waals surface area contributed by atoms with Gasteiger partial charge >= 0.3 is 0 Å². The molecule has 1 saturated heterocycles. The summed E-state index contributed by atoms with van der Waals surface area (Å²) >= 11 is 0. The minimum atomic E-state index is -0.402. The maximum atomic E-state index is 12.7. The molecular weight excluding hydrogens is 362 g/mol. The van der Waals surface area contributed by atoms with Gasteiger partial charge in [-0.15, -0.1) is 0 Å². The van der Waals surface area contributed by atoms with Gasteiger partial charge in [-0.3, -0.25) is 14.5 Å². The molecule has 1 saturated carbocycles. The molecule has 5 nitrogen and oxygen atoms in total. The molecule has 2 aromatic carbocycles. The summed E-state index contributed by atoms with van der Waals surface area (Å²) < 4.78 is 0. The molecule has 2 aliphatic rings. The Hall–Kier alpha value is -2.40. The monoisotopic (exact) mass is 393 g/mol. The van der Waals surface area contributed by atoms with Gasteiger partial charge in [0.15, 0.2) is 0 Å². The van der Waals surface area contributed by atoms with Crippen molar-refractivity contribution >= 4 is 22.6 Å². The standard InChI is InChI=1S/C24H31N3O2/c28-23(26-21-9-3-1-2-4-10-21)16-22-24(29)25-13-14-27(22)17-18-11-12-19-7-5-6-8-20(19)15-18/h5-8,11-12,15,21-22H,1-4,9-10,13-14,16-17H2,(H,25,29)(H,26,28). The summed E-state index contributed by atoms with van der Waals surface area (Å²) in [7, 11) is 0. The second kappa shape index (κ2) is 9.40. The molecule has 1 heterocycles. The van der Waals surface area contributed by atoms with E-state index in [9.17, 15) is 9.59 Å². The maximum Gasteiger partial charge on any atom is 0.237 e. The van der Waals surface area contributed by atoms with E-state index in [4.69, 9.17) is 0 Å². The van der Waals surface area contributed by atoms with Crippen LogP contribution in [0.25, 0.3) is 10.8 Å². The van der Waals surface area contributed by atoms with E-state index in [1.165, 1.54) is 42.0 Å². The van der Waals surface area contributed by atoms with Crippen LogP contribution in [0.1, 0.15) is 50.5 Å². The average molecular weight is 394 g/mol. The van der Waals surface area contributed by atoms with Gasteiger partial charge in [-0.05, 0) is 35.2 Å². The van der Waals surface area contributed by atoms with Crippen LogP contribution in [-0.2, 0) is 16.1 Å². The van der Waals surface area contributed by atoms with Crippen LogP contribution in [0.3, 0.4) is 0 Å². The summed E-state index contributed by atoms with van der Waals surface area (Å²) in [4.78, 5) is 27.4. The lowest BCUT2D eigenvalue weighted by Crippen LogP contribution is -2.56. The Morgan fingerprint density at radius 1 is 1.03 bits per heavy atom. The minimum Gasteiger partial charge on any atom is -0.353 e. The summed E-state index contributed by atoms with van der Waals surface area (Å²) in [6, 6.07) is 14.6. The van der Waals surface area contributed by atoms with Gasteiger partial charge < -0.3 is 10.6 Å². The number of amides is 2. The van der Waals surface area contributed by atoms with E-state index >= 15 is 0 Å². The fraction of sp³-hybridized carbons (Fsp3) is 0.500. The number of piperazine rings is 1. The lowest BCUT2D eigenvalue weighted by atomic mass is 10.0. The molecule has 2 fully saturated rings. The third-order valence-electron chi connectivity index (χ3n) is 6.24. The molecule has 1 aliphatic heterocycles. The Labute approximate surface area is 172 Å². The molecule has 1 atom stereocenters. The van der Waals surface area contributed by atoms with Crippen molar-refractivity contribution < 1.29 is 9.59 Å². The minimum absolute atomic E-state index is 0.00228. The third kappa shape index (κ3) is 5.15. The molecule has 1 unspecified atom stereocenters. The van der Waals surface area contributed by atoms with Crippen molar-refractivity contribution in [1.29, 1.82) is 0 Å². The lowest BCUT2D eigenvalue weighted by Gasteiger charge is -2.35. The molecule has 0 bridgehead atoms. The molecular formula is C24H31N3O2. The smallest absolute Gasteiger partial charge is 0.237 e. The van der Waals surface area contributed by atoms with Crippen LogP contribution >= 0.6 is 0 Å². The first kappa shape index (κ1) is 19.9. The summed E-state index contributed by atoms with van der Waals surface area (Å²) in [5.41, 5.74) is 1.17. The van der Waals surface area contributed by atoms with Crippen molar-refractivity contribution in [1.82, 2.24) is 15.5 Å². The van der Waals surface area contributed by atoms with Crippen molar-refractivity contribution in [2.75, 3.05) is 13.1 Å². The molecule has 1 aliphatic carbocycles. The predicted octanol–water partition coefficient (Wildman–Crippen LogP) is 3.37. The molecule has 29 heavy (non-hydrogen) atoms. The zero-order valence-electron chi connectivity index (χ0n) is 17.0. The van der Waals surface area contributed by atoms with Crippen LogP contribution in [0, 0.1) is 0 Å². The molecule has 5 heteroatoms. The summed E-state index contributed by atoms with van der Waals surface area (Å²) in [5.74, 6) is -0.0319. The van der Waals surface area contributed by atoms with Gasteiger partial charge in [0.25, 0.3) is 0 Å². The van der Waals surface area contributed by atoms with E-state index in [2.05, 4.69) is 45.9 Å². The number of nitrogens with one attached hydrogen (secondary N) is 2. The summed E-state index contributed by atoms with van der Waals surface area (Å²) in [6.07, 6.45) is 7.24. The molecule has 2 N–H and O–H groups in total. The zero-order valence-corrected chi connectivity index (χ0v) is 17.0. The number of hydrogen-bond donors (Lipinski definition) is 2. The number of hydrogen-bond acceptors (Lipinski definition) is 3. The molecule has 0 spiro atoms. The van der Waals surface area contributed by atoms with Crippen molar-refractivity contribution in [3.63, 3.8) is 0 Å². The van der Waals surface area contributed by atoms with Gasteiger partial charge in [0, 0.05) is 25.7 Å². The number of carbonyl (C=O) groups is 2. The normalized spacial score (nSPS) is 21.5. The highest BCUT2D eigenvalue weighted by atomic mass is 16.2. The summed E-state index contributed by atoms with van der Waals surface area (Å²) in [6.45, 7) is 2.08. The number of carbonyl (C=O) groups excluding carboxylic acids is 2. The van der Waals surface area contributed by atoms with Crippen molar-refractivity contribution in [2.24, 2.45) is 0 Å². The first-order chi connectivity index (χ1) is 14.2.